The number of aliphatic carboxylic acids is 1. The van der Waals surface area contributed by atoms with Crippen LogP contribution in [-0.2, 0) is 9.59 Å². The van der Waals surface area contributed by atoms with Gasteiger partial charge in [-0.25, -0.2) is 0 Å². The zero-order valence-electron chi connectivity index (χ0n) is 24.2. The number of hydrogen-bond donors (Lipinski definition) is 3. The van der Waals surface area contributed by atoms with Crippen LogP contribution in [-0.4, -0.2) is 48.7 Å². The van der Waals surface area contributed by atoms with Crippen molar-refractivity contribution in [2.45, 2.75) is 97.1 Å². The lowest BCUT2D eigenvalue weighted by atomic mass is 9.70. The molecular formula is C31H43N3O6. The van der Waals surface area contributed by atoms with E-state index in [9.17, 15) is 24.8 Å². The Morgan fingerprint density at radius 1 is 1.05 bits per heavy atom. The first kappa shape index (κ1) is 29.7. The van der Waals surface area contributed by atoms with Gasteiger partial charge in [0.15, 0.2) is 0 Å². The fraction of sp³-hybridized carbons (Fsp3) is 0.677. The summed E-state index contributed by atoms with van der Waals surface area (Å²) in [6, 6.07) is 4.84. The van der Waals surface area contributed by atoms with Crippen LogP contribution in [0.15, 0.2) is 12.1 Å². The van der Waals surface area contributed by atoms with Crippen LogP contribution in [0, 0.1) is 34.0 Å². The smallest absolute Gasteiger partial charge is 0.309 e. The Labute approximate surface area is 237 Å². The number of carboxylic acids is 1. The Hall–Kier alpha value is -3.28. The van der Waals surface area contributed by atoms with Crippen molar-refractivity contribution in [3.05, 3.63) is 23.3 Å². The lowest BCUT2D eigenvalue weighted by Crippen LogP contribution is -2.53. The first-order valence-electron chi connectivity index (χ1n) is 14.6. The quantitative estimate of drug-likeness (QED) is 0.399. The van der Waals surface area contributed by atoms with E-state index < -0.39 is 11.4 Å². The highest BCUT2D eigenvalue weighted by molar-refractivity contribution is 5.98. The van der Waals surface area contributed by atoms with Crippen molar-refractivity contribution in [1.29, 1.82) is 5.26 Å². The minimum atomic E-state index is -0.812. The van der Waals surface area contributed by atoms with Crippen LogP contribution >= 0.6 is 0 Å². The fourth-order valence-corrected chi connectivity index (χ4v) is 6.40. The Kier molecular flexibility index (Phi) is 8.96. The molecule has 0 radical (unpaired) electrons. The molecule has 9 heteroatoms. The van der Waals surface area contributed by atoms with E-state index in [1.807, 2.05) is 0 Å². The number of carbonyl (C=O) groups excluding carboxylic acids is 2. The van der Waals surface area contributed by atoms with Crippen molar-refractivity contribution in [2.75, 3.05) is 13.7 Å². The van der Waals surface area contributed by atoms with Gasteiger partial charge in [0.05, 0.1) is 35.7 Å². The zero-order chi connectivity index (χ0) is 29.1. The van der Waals surface area contributed by atoms with Gasteiger partial charge in [0.25, 0.3) is 5.91 Å². The summed E-state index contributed by atoms with van der Waals surface area (Å²) in [5, 5.41) is 25.6. The highest BCUT2D eigenvalue weighted by Crippen LogP contribution is 2.40. The van der Waals surface area contributed by atoms with Gasteiger partial charge < -0.3 is 25.2 Å². The van der Waals surface area contributed by atoms with Gasteiger partial charge in [0.2, 0.25) is 5.91 Å². The molecular weight excluding hydrogens is 510 g/mol. The van der Waals surface area contributed by atoms with Crippen molar-refractivity contribution in [3.8, 4) is 17.6 Å². The SMILES string of the molecule is COc1cc(C#N)c(O[C@H]2CC[C@@](C)(C(=O)O)CC2)cc1C(=O)N[C@H]1[C@@H](C(=O)NCC2(C)CCC2)CCC[C@@H]1C. The van der Waals surface area contributed by atoms with Gasteiger partial charge in [-0.3, -0.25) is 14.4 Å². The first-order chi connectivity index (χ1) is 19.0. The van der Waals surface area contributed by atoms with E-state index in [1.54, 1.807) is 6.92 Å². The third kappa shape index (κ3) is 6.37. The van der Waals surface area contributed by atoms with E-state index in [4.69, 9.17) is 9.47 Å². The lowest BCUT2D eigenvalue weighted by Gasteiger charge is -2.40. The molecule has 0 aliphatic heterocycles. The standard InChI is InChI=1S/C31H43N3O6/c1-19-7-5-8-22(27(35)33-18-30(2)11-6-12-30)26(19)34-28(36)23-16-24(20(17-32)15-25(23)39-4)40-21-9-13-31(3,14-10-21)29(37)38/h15-16,19,21-22,26H,5-14,18H2,1-4H3,(H,33,35)(H,34,36)(H,37,38)/t19-,21-,22-,26+,31+/m0/s1. The van der Waals surface area contributed by atoms with Crippen LogP contribution in [0.4, 0.5) is 0 Å². The Balaban J connectivity index is 1.50. The average molecular weight is 554 g/mol. The molecule has 0 spiro atoms. The number of nitrogens with one attached hydrogen (secondary N) is 2. The molecule has 0 bridgehead atoms. The van der Waals surface area contributed by atoms with Crippen molar-refractivity contribution in [1.82, 2.24) is 10.6 Å². The summed E-state index contributed by atoms with van der Waals surface area (Å²) >= 11 is 0. The van der Waals surface area contributed by atoms with Gasteiger partial charge in [0.1, 0.15) is 17.6 Å². The van der Waals surface area contributed by atoms with Crippen molar-refractivity contribution in [3.63, 3.8) is 0 Å². The van der Waals surface area contributed by atoms with E-state index in [0.29, 0.717) is 38.6 Å². The van der Waals surface area contributed by atoms with Crippen LogP contribution in [0.3, 0.4) is 0 Å². The summed E-state index contributed by atoms with van der Waals surface area (Å²) in [6.45, 7) is 6.68. The third-order valence-corrected chi connectivity index (χ3v) is 9.62. The molecule has 1 aromatic rings. The molecule has 3 fully saturated rings. The fourth-order valence-electron chi connectivity index (χ4n) is 6.40. The van der Waals surface area contributed by atoms with Gasteiger partial charge in [-0.1, -0.05) is 26.7 Å². The predicted molar refractivity (Wildman–Crippen MR) is 149 cm³/mol. The molecule has 3 atom stereocenters. The number of amides is 2. The van der Waals surface area contributed by atoms with Crippen LogP contribution in [0.5, 0.6) is 11.5 Å². The molecule has 9 nitrogen and oxygen atoms in total. The number of hydrogen-bond acceptors (Lipinski definition) is 6. The monoisotopic (exact) mass is 553 g/mol. The summed E-state index contributed by atoms with van der Waals surface area (Å²) in [5.41, 5.74) is -0.127. The molecule has 1 aromatic carbocycles. The Morgan fingerprint density at radius 2 is 1.75 bits per heavy atom. The number of rotatable bonds is 9. The summed E-state index contributed by atoms with van der Waals surface area (Å²) in [6.07, 6.45) is 7.78. The molecule has 3 aliphatic carbocycles. The van der Waals surface area contributed by atoms with E-state index >= 15 is 0 Å². The third-order valence-electron chi connectivity index (χ3n) is 9.62. The van der Waals surface area contributed by atoms with Crippen LogP contribution in [0.25, 0.3) is 0 Å². The van der Waals surface area contributed by atoms with Crippen LogP contribution in [0.1, 0.15) is 101 Å². The van der Waals surface area contributed by atoms with Crippen molar-refractivity contribution >= 4 is 17.8 Å². The minimum absolute atomic E-state index is 0.00792. The van der Waals surface area contributed by atoms with Gasteiger partial charge in [0, 0.05) is 18.7 Å². The Morgan fingerprint density at radius 3 is 2.33 bits per heavy atom. The summed E-state index contributed by atoms with van der Waals surface area (Å²) in [5.74, 6) is -0.862. The average Bonchev–Trinajstić information content (AvgIpc) is 2.92. The maximum absolute atomic E-state index is 13.7. The lowest BCUT2D eigenvalue weighted by molar-refractivity contribution is -0.150. The molecule has 4 rings (SSSR count). The van der Waals surface area contributed by atoms with Crippen LogP contribution < -0.4 is 20.1 Å². The maximum atomic E-state index is 13.7. The van der Waals surface area contributed by atoms with Gasteiger partial charge in [-0.2, -0.15) is 5.26 Å². The second kappa shape index (κ2) is 12.1. The normalized spacial score (nSPS) is 29.3. The maximum Gasteiger partial charge on any atom is 0.309 e. The largest absolute Gasteiger partial charge is 0.496 e. The van der Waals surface area contributed by atoms with E-state index in [0.717, 1.165) is 25.7 Å². The number of ether oxygens (including phenoxy) is 2. The zero-order valence-corrected chi connectivity index (χ0v) is 24.2. The molecule has 0 unspecified atom stereocenters. The molecule has 0 aromatic heterocycles. The van der Waals surface area contributed by atoms with E-state index in [2.05, 4.69) is 30.6 Å². The van der Waals surface area contributed by atoms with Crippen LogP contribution in [0.2, 0.25) is 0 Å². The number of benzene rings is 1. The number of nitrogens with zero attached hydrogens (tertiary/aromatic N) is 1. The number of carbonyl (C=O) groups is 3. The molecule has 3 N–H and O–H groups in total. The van der Waals surface area contributed by atoms with E-state index in [-0.39, 0.29) is 63.8 Å². The van der Waals surface area contributed by atoms with Gasteiger partial charge >= 0.3 is 5.97 Å². The predicted octanol–water partition coefficient (Wildman–Crippen LogP) is 4.82. The first-order valence-corrected chi connectivity index (χ1v) is 14.6. The van der Waals surface area contributed by atoms with E-state index in [1.165, 1.54) is 25.7 Å². The molecule has 2 amide bonds. The summed E-state index contributed by atoms with van der Waals surface area (Å²) in [4.78, 5) is 38.5. The molecule has 3 saturated carbocycles. The van der Waals surface area contributed by atoms with Crippen molar-refractivity contribution in [2.24, 2.45) is 22.7 Å². The summed E-state index contributed by atoms with van der Waals surface area (Å²) < 4.78 is 11.7. The molecule has 40 heavy (non-hydrogen) atoms. The molecule has 0 heterocycles. The number of nitriles is 1. The van der Waals surface area contributed by atoms with Gasteiger partial charge in [-0.15, -0.1) is 0 Å². The highest BCUT2D eigenvalue weighted by atomic mass is 16.5. The number of carboxylic acid groups (broad SMARTS) is 1. The number of methoxy groups -OCH3 is 1. The molecule has 0 saturated heterocycles. The van der Waals surface area contributed by atoms with Crippen molar-refractivity contribution < 1.29 is 29.0 Å². The second-order valence-corrected chi connectivity index (χ2v) is 12.7. The summed E-state index contributed by atoms with van der Waals surface area (Å²) in [7, 11) is 1.45. The molecule has 3 aliphatic rings. The topological polar surface area (TPSA) is 138 Å². The minimum Gasteiger partial charge on any atom is -0.496 e. The van der Waals surface area contributed by atoms with Gasteiger partial charge in [-0.05, 0) is 75.7 Å². The molecule has 218 valence electrons. The highest BCUT2D eigenvalue weighted by Gasteiger charge is 2.40. The second-order valence-electron chi connectivity index (χ2n) is 12.7. The Bertz CT molecular complexity index is 1160.